The first-order valence-electron chi connectivity index (χ1n) is 6.46. The summed E-state index contributed by atoms with van der Waals surface area (Å²) in [5, 5.41) is 11.4. The monoisotopic (exact) mass is 296 g/mol. The van der Waals surface area contributed by atoms with Crippen molar-refractivity contribution in [2.45, 2.75) is 18.9 Å². The van der Waals surface area contributed by atoms with Crippen LogP contribution in [0.2, 0.25) is 0 Å². The summed E-state index contributed by atoms with van der Waals surface area (Å²) in [5.74, 6) is -0.131. The van der Waals surface area contributed by atoms with Crippen molar-refractivity contribution in [1.82, 2.24) is 5.32 Å². The summed E-state index contributed by atoms with van der Waals surface area (Å²) < 4.78 is 0. The number of aliphatic carboxylic acids is 1. The van der Waals surface area contributed by atoms with E-state index in [0.717, 1.165) is 6.42 Å². The lowest BCUT2D eigenvalue weighted by molar-refractivity contribution is -0.138. The van der Waals surface area contributed by atoms with Crippen LogP contribution in [-0.2, 0) is 16.0 Å². The number of carboxylic acid groups (broad SMARTS) is 1. The predicted molar refractivity (Wildman–Crippen MR) is 80.7 cm³/mol. The number of carbonyl (C=O) groups is 2. The molecule has 0 saturated carbocycles. The molecule has 1 rings (SSSR count). The van der Waals surface area contributed by atoms with Crippen LogP contribution in [-0.4, -0.2) is 41.1 Å². The van der Waals surface area contributed by atoms with E-state index in [1.165, 1.54) is 17.3 Å². The lowest BCUT2D eigenvalue weighted by Crippen LogP contribution is -2.31. The Morgan fingerprint density at radius 1 is 1.30 bits per heavy atom. The maximum atomic E-state index is 11.5. The average Bonchev–Trinajstić information content (AvgIpc) is 2.44. The molecule has 20 heavy (non-hydrogen) atoms. The zero-order chi connectivity index (χ0) is 14.8. The molecular weight excluding hydrogens is 276 g/mol. The van der Waals surface area contributed by atoms with Gasteiger partial charge in [-0.1, -0.05) is 30.3 Å². The number of hydrogen-bond donors (Lipinski definition) is 3. The molecule has 0 aliphatic heterocycles. The second-order valence-electron chi connectivity index (χ2n) is 4.37. The van der Waals surface area contributed by atoms with Gasteiger partial charge < -0.3 is 16.2 Å². The molecule has 0 aliphatic rings. The van der Waals surface area contributed by atoms with E-state index in [9.17, 15) is 9.59 Å². The number of amides is 1. The quantitative estimate of drug-likeness (QED) is 0.588. The van der Waals surface area contributed by atoms with Gasteiger partial charge >= 0.3 is 5.97 Å². The van der Waals surface area contributed by atoms with Gasteiger partial charge in [0.05, 0.1) is 5.75 Å². The van der Waals surface area contributed by atoms with Gasteiger partial charge in [-0.2, -0.15) is 11.8 Å². The van der Waals surface area contributed by atoms with Crippen molar-refractivity contribution < 1.29 is 14.7 Å². The van der Waals surface area contributed by atoms with Gasteiger partial charge in [0.15, 0.2) is 0 Å². The molecule has 1 aromatic carbocycles. The van der Waals surface area contributed by atoms with Crippen molar-refractivity contribution in [2.75, 3.05) is 18.1 Å². The minimum Gasteiger partial charge on any atom is -0.480 e. The van der Waals surface area contributed by atoms with Gasteiger partial charge in [0.1, 0.15) is 6.04 Å². The molecule has 0 aromatic heterocycles. The summed E-state index contributed by atoms with van der Waals surface area (Å²) in [6, 6.07) is 9.10. The van der Waals surface area contributed by atoms with Crippen LogP contribution in [0.3, 0.4) is 0 Å². The molecule has 110 valence electrons. The van der Waals surface area contributed by atoms with Crippen molar-refractivity contribution in [1.29, 1.82) is 0 Å². The van der Waals surface area contributed by atoms with E-state index in [1.807, 2.05) is 30.3 Å². The summed E-state index contributed by atoms with van der Waals surface area (Å²) in [6.45, 7) is 0.609. The van der Waals surface area contributed by atoms with E-state index in [2.05, 4.69) is 5.32 Å². The largest absolute Gasteiger partial charge is 0.480 e. The van der Waals surface area contributed by atoms with E-state index in [-0.39, 0.29) is 5.91 Å². The van der Waals surface area contributed by atoms with E-state index in [0.29, 0.717) is 24.5 Å². The number of carbonyl (C=O) groups excluding carboxylic acids is 1. The maximum absolute atomic E-state index is 11.5. The first-order valence-corrected chi connectivity index (χ1v) is 7.62. The molecule has 0 saturated heterocycles. The lowest BCUT2D eigenvalue weighted by Gasteiger charge is -2.07. The van der Waals surface area contributed by atoms with Crippen LogP contribution in [0.15, 0.2) is 30.3 Å². The van der Waals surface area contributed by atoms with Crippen LogP contribution in [0.1, 0.15) is 12.0 Å². The topological polar surface area (TPSA) is 92.4 Å². The predicted octanol–water partition coefficient (Wildman–Crippen LogP) is 0.880. The SMILES string of the molecule is NC(CCSCC(=O)NCCc1ccccc1)C(=O)O. The highest BCUT2D eigenvalue weighted by molar-refractivity contribution is 7.99. The second kappa shape index (κ2) is 9.39. The van der Waals surface area contributed by atoms with Crippen molar-refractivity contribution in [3.8, 4) is 0 Å². The summed E-state index contributed by atoms with van der Waals surface area (Å²) in [4.78, 5) is 22.0. The zero-order valence-electron chi connectivity index (χ0n) is 11.2. The fraction of sp³-hybridized carbons (Fsp3) is 0.429. The Morgan fingerprint density at radius 3 is 2.65 bits per heavy atom. The Kier molecular flexibility index (Phi) is 7.75. The molecule has 4 N–H and O–H groups in total. The first kappa shape index (κ1) is 16.5. The Labute approximate surface area is 122 Å². The number of carboxylic acids is 1. The van der Waals surface area contributed by atoms with Crippen molar-refractivity contribution >= 4 is 23.6 Å². The van der Waals surface area contributed by atoms with Crippen LogP contribution in [0, 0.1) is 0 Å². The zero-order valence-corrected chi connectivity index (χ0v) is 12.1. The molecule has 5 nitrogen and oxygen atoms in total. The highest BCUT2D eigenvalue weighted by Crippen LogP contribution is 2.04. The molecule has 6 heteroatoms. The fourth-order valence-corrected chi connectivity index (χ4v) is 2.39. The number of benzene rings is 1. The summed E-state index contributed by atoms with van der Waals surface area (Å²) in [6.07, 6.45) is 1.18. The molecular formula is C14H20N2O3S. The molecule has 1 atom stereocenters. The smallest absolute Gasteiger partial charge is 0.320 e. The van der Waals surface area contributed by atoms with E-state index < -0.39 is 12.0 Å². The highest BCUT2D eigenvalue weighted by atomic mass is 32.2. The Hall–Kier alpha value is -1.53. The molecule has 0 radical (unpaired) electrons. The van der Waals surface area contributed by atoms with Gasteiger partial charge in [-0.15, -0.1) is 0 Å². The Balaban J connectivity index is 2.05. The van der Waals surface area contributed by atoms with Crippen LogP contribution in [0.25, 0.3) is 0 Å². The lowest BCUT2D eigenvalue weighted by atomic mass is 10.1. The highest BCUT2D eigenvalue weighted by Gasteiger charge is 2.10. The summed E-state index contributed by atoms with van der Waals surface area (Å²) in [7, 11) is 0. The van der Waals surface area contributed by atoms with Gasteiger partial charge in [0.2, 0.25) is 5.91 Å². The van der Waals surface area contributed by atoms with Gasteiger partial charge in [-0.05, 0) is 24.2 Å². The molecule has 0 heterocycles. The first-order chi connectivity index (χ1) is 9.59. The van der Waals surface area contributed by atoms with E-state index in [4.69, 9.17) is 10.8 Å². The molecule has 1 unspecified atom stereocenters. The summed E-state index contributed by atoms with van der Waals surface area (Å²) >= 11 is 1.40. The Morgan fingerprint density at radius 2 is 2.00 bits per heavy atom. The van der Waals surface area contributed by atoms with E-state index >= 15 is 0 Å². The molecule has 0 spiro atoms. The normalized spacial score (nSPS) is 11.8. The van der Waals surface area contributed by atoms with Crippen molar-refractivity contribution in [2.24, 2.45) is 5.73 Å². The Bertz CT molecular complexity index is 426. The third-order valence-corrected chi connectivity index (χ3v) is 3.69. The number of nitrogens with one attached hydrogen (secondary N) is 1. The summed E-state index contributed by atoms with van der Waals surface area (Å²) in [5.41, 5.74) is 6.55. The van der Waals surface area contributed by atoms with Crippen molar-refractivity contribution in [3.63, 3.8) is 0 Å². The minimum absolute atomic E-state index is 0.0326. The molecule has 0 aliphatic carbocycles. The standard InChI is InChI=1S/C14H20N2O3S/c15-12(14(18)19)7-9-20-10-13(17)16-8-6-11-4-2-1-3-5-11/h1-5,12H,6-10,15H2,(H,16,17)(H,18,19). The van der Waals surface area contributed by atoms with E-state index in [1.54, 1.807) is 0 Å². The van der Waals surface area contributed by atoms with Gasteiger partial charge in [0.25, 0.3) is 0 Å². The van der Waals surface area contributed by atoms with Crippen LogP contribution >= 0.6 is 11.8 Å². The van der Waals surface area contributed by atoms with Crippen LogP contribution in [0.4, 0.5) is 0 Å². The number of thioether (sulfide) groups is 1. The second-order valence-corrected chi connectivity index (χ2v) is 5.48. The van der Waals surface area contributed by atoms with Gasteiger partial charge in [-0.3, -0.25) is 9.59 Å². The number of nitrogens with two attached hydrogens (primary N) is 1. The molecule has 0 bridgehead atoms. The molecule has 1 aromatic rings. The number of hydrogen-bond acceptors (Lipinski definition) is 4. The third-order valence-electron chi connectivity index (χ3n) is 2.70. The fourth-order valence-electron chi connectivity index (χ4n) is 1.54. The van der Waals surface area contributed by atoms with Crippen LogP contribution in [0.5, 0.6) is 0 Å². The minimum atomic E-state index is -1.00. The molecule has 0 fully saturated rings. The number of rotatable bonds is 9. The van der Waals surface area contributed by atoms with Gasteiger partial charge in [-0.25, -0.2) is 0 Å². The van der Waals surface area contributed by atoms with Crippen LogP contribution < -0.4 is 11.1 Å². The van der Waals surface area contributed by atoms with Gasteiger partial charge in [0, 0.05) is 6.54 Å². The average molecular weight is 296 g/mol. The van der Waals surface area contributed by atoms with Crippen molar-refractivity contribution in [3.05, 3.63) is 35.9 Å². The molecule has 1 amide bonds. The maximum Gasteiger partial charge on any atom is 0.320 e. The third kappa shape index (κ3) is 7.16.